The van der Waals surface area contributed by atoms with Crippen molar-refractivity contribution in [1.29, 1.82) is 0 Å². The fourth-order valence-corrected chi connectivity index (χ4v) is 0.726. The minimum absolute atomic E-state index is 0.135. The molecule has 65 valence electrons. The van der Waals surface area contributed by atoms with Crippen molar-refractivity contribution < 1.29 is 17.9 Å². The van der Waals surface area contributed by atoms with E-state index in [4.69, 9.17) is 0 Å². The van der Waals surface area contributed by atoms with E-state index in [1.807, 2.05) is 6.07 Å². The molecule has 0 aliphatic heterocycles. The highest BCUT2D eigenvalue weighted by Crippen LogP contribution is 2.20. The van der Waals surface area contributed by atoms with Gasteiger partial charge in [-0.2, -0.15) is 4.39 Å². The summed E-state index contributed by atoms with van der Waals surface area (Å²) in [7, 11) is 0. The van der Waals surface area contributed by atoms with Crippen LogP contribution in [0.25, 0.3) is 0 Å². The van der Waals surface area contributed by atoms with Crippen LogP contribution in [0, 0.1) is 23.5 Å². The molecule has 0 aliphatic rings. The van der Waals surface area contributed by atoms with Gasteiger partial charge in [0.1, 0.15) is 5.82 Å². The number of hydrogen-bond donors (Lipinski definition) is 0. The van der Waals surface area contributed by atoms with Crippen molar-refractivity contribution in [2.24, 2.45) is 0 Å². The van der Waals surface area contributed by atoms with Gasteiger partial charge in [0.05, 0.1) is 12.7 Å². The highest BCUT2D eigenvalue weighted by molar-refractivity contribution is 5.24. The summed E-state index contributed by atoms with van der Waals surface area (Å²) in [6.45, 7) is 1.71. The maximum absolute atomic E-state index is 12.7. The van der Waals surface area contributed by atoms with Crippen molar-refractivity contribution in [1.82, 2.24) is 0 Å². The Labute approximate surface area is 67.8 Å². The molecule has 4 heteroatoms. The van der Waals surface area contributed by atoms with Gasteiger partial charge in [-0.15, -0.1) is 0 Å². The number of hydrogen-bond acceptors (Lipinski definition) is 1. The minimum atomic E-state index is -1.27. The van der Waals surface area contributed by atoms with E-state index in [0.717, 1.165) is 0 Å². The van der Waals surface area contributed by atoms with Gasteiger partial charge < -0.3 is 4.74 Å². The second-order valence-corrected chi connectivity index (χ2v) is 2.04. The van der Waals surface area contributed by atoms with E-state index < -0.39 is 23.2 Å². The molecule has 0 amide bonds. The van der Waals surface area contributed by atoms with Gasteiger partial charge in [0.25, 0.3) is 0 Å². The standard InChI is InChI=1S/C8H6F3O/c1-2-12-7-4-5(9)3-6(10)8(7)11/h3H,2H2,1H3. The summed E-state index contributed by atoms with van der Waals surface area (Å²) >= 11 is 0. The smallest absolute Gasteiger partial charge is 0.201 e. The van der Waals surface area contributed by atoms with E-state index in [1.54, 1.807) is 6.92 Å². The Kier molecular flexibility index (Phi) is 2.58. The van der Waals surface area contributed by atoms with E-state index in [9.17, 15) is 13.2 Å². The van der Waals surface area contributed by atoms with Crippen molar-refractivity contribution in [2.75, 3.05) is 6.61 Å². The van der Waals surface area contributed by atoms with E-state index in [2.05, 4.69) is 4.74 Å². The molecule has 0 atom stereocenters. The molecule has 0 unspecified atom stereocenters. The zero-order valence-corrected chi connectivity index (χ0v) is 6.33. The summed E-state index contributed by atoms with van der Waals surface area (Å²) in [5.74, 6) is -3.97. The topological polar surface area (TPSA) is 9.23 Å². The summed E-state index contributed by atoms with van der Waals surface area (Å²) in [5.41, 5.74) is 0. The van der Waals surface area contributed by atoms with Gasteiger partial charge in [0.15, 0.2) is 11.6 Å². The second-order valence-electron chi connectivity index (χ2n) is 2.04. The molecule has 1 radical (unpaired) electrons. The van der Waals surface area contributed by atoms with E-state index in [-0.39, 0.29) is 6.61 Å². The van der Waals surface area contributed by atoms with Gasteiger partial charge in [-0.25, -0.2) is 8.78 Å². The zero-order chi connectivity index (χ0) is 9.14. The lowest BCUT2D eigenvalue weighted by Crippen LogP contribution is -1.98. The van der Waals surface area contributed by atoms with Crippen LogP contribution in [-0.2, 0) is 0 Å². The summed E-state index contributed by atoms with van der Waals surface area (Å²) < 4.78 is 42.1. The van der Waals surface area contributed by atoms with Gasteiger partial charge in [0, 0.05) is 6.07 Å². The Morgan fingerprint density at radius 2 is 2.08 bits per heavy atom. The summed E-state index contributed by atoms with van der Waals surface area (Å²) in [6.07, 6.45) is 0. The minimum Gasteiger partial charge on any atom is -0.490 e. The van der Waals surface area contributed by atoms with E-state index >= 15 is 0 Å². The van der Waals surface area contributed by atoms with Crippen LogP contribution in [0.15, 0.2) is 6.07 Å². The van der Waals surface area contributed by atoms with Crippen molar-refractivity contribution in [2.45, 2.75) is 6.92 Å². The van der Waals surface area contributed by atoms with Crippen LogP contribution < -0.4 is 4.74 Å². The van der Waals surface area contributed by atoms with Crippen LogP contribution in [0.1, 0.15) is 6.92 Å². The first kappa shape index (κ1) is 8.90. The number of rotatable bonds is 2. The molecule has 0 spiro atoms. The van der Waals surface area contributed by atoms with E-state index in [0.29, 0.717) is 6.07 Å². The predicted molar refractivity (Wildman–Crippen MR) is 36.3 cm³/mol. The van der Waals surface area contributed by atoms with Crippen LogP contribution in [-0.4, -0.2) is 6.61 Å². The third kappa shape index (κ3) is 1.69. The average molecular weight is 175 g/mol. The second kappa shape index (κ2) is 3.47. The van der Waals surface area contributed by atoms with Gasteiger partial charge in [-0.1, -0.05) is 0 Å². The molecule has 0 aromatic heterocycles. The molecule has 1 nitrogen and oxygen atoms in total. The summed E-state index contributed by atoms with van der Waals surface area (Å²) in [6, 6.07) is 2.33. The molecule has 12 heavy (non-hydrogen) atoms. The fraction of sp³-hybridized carbons (Fsp3) is 0.250. The zero-order valence-electron chi connectivity index (χ0n) is 6.33. The lowest BCUT2D eigenvalue weighted by molar-refractivity contribution is 0.310. The van der Waals surface area contributed by atoms with Gasteiger partial charge in [0.2, 0.25) is 5.82 Å². The van der Waals surface area contributed by atoms with Crippen LogP contribution >= 0.6 is 0 Å². The molecule has 0 saturated carbocycles. The Morgan fingerprint density at radius 3 is 2.67 bits per heavy atom. The van der Waals surface area contributed by atoms with Crippen LogP contribution in [0.3, 0.4) is 0 Å². The monoisotopic (exact) mass is 175 g/mol. The molecule has 0 heterocycles. The van der Waals surface area contributed by atoms with Gasteiger partial charge >= 0.3 is 0 Å². The highest BCUT2D eigenvalue weighted by Gasteiger charge is 2.11. The molecular weight excluding hydrogens is 169 g/mol. The third-order valence-electron chi connectivity index (χ3n) is 1.18. The Hall–Kier alpha value is -1.19. The first-order valence-corrected chi connectivity index (χ1v) is 3.34. The molecular formula is C8H6F3O. The van der Waals surface area contributed by atoms with Crippen molar-refractivity contribution in [3.05, 3.63) is 29.6 Å². The van der Waals surface area contributed by atoms with Crippen LogP contribution in [0.2, 0.25) is 0 Å². The molecule has 0 saturated heterocycles. The van der Waals surface area contributed by atoms with E-state index in [1.165, 1.54) is 0 Å². The van der Waals surface area contributed by atoms with Crippen molar-refractivity contribution in [3.8, 4) is 5.75 Å². The van der Waals surface area contributed by atoms with Crippen LogP contribution in [0.4, 0.5) is 13.2 Å². The third-order valence-corrected chi connectivity index (χ3v) is 1.18. The quantitative estimate of drug-likeness (QED) is 0.626. The molecule has 0 aliphatic carbocycles. The SMILES string of the molecule is CCOc1[c]c(F)cc(F)c1F. The average Bonchev–Trinajstić information content (AvgIpc) is 2.00. The maximum Gasteiger partial charge on any atom is 0.201 e. The predicted octanol–water partition coefficient (Wildman–Crippen LogP) is 2.30. The summed E-state index contributed by atoms with van der Waals surface area (Å²) in [5, 5.41) is 0. The van der Waals surface area contributed by atoms with Crippen molar-refractivity contribution >= 4 is 0 Å². The molecule has 0 bridgehead atoms. The number of ether oxygens (including phenoxy) is 1. The molecule has 1 aromatic rings. The normalized spacial score (nSPS) is 10.0. The Morgan fingerprint density at radius 1 is 1.42 bits per heavy atom. The lowest BCUT2D eigenvalue weighted by Gasteiger charge is -2.03. The fourth-order valence-electron chi connectivity index (χ4n) is 0.726. The summed E-state index contributed by atoms with van der Waals surface area (Å²) in [4.78, 5) is 0. The first-order chi connectivity index (χ1) is 5.65. The maximum atomic E-state index is 12.7. The Bertz CT molecular complexity index is 286. The number of halogens is 3. The first-order valence-electron chi connectivity index (χ1n) is 3.34. The molecule has 0 N–H and O–H groups in total. The molecule has 0 fully saturated rings. The number of benzene rings is 1. The molecule has 1 aromatic carbocycles. The van der Waals surface area contributed by atoms with Crippen LogP contribution in [0.5, 0.6) is 5.75 Å². The largest absolute Gasteiger partial charge is 0.490 e. The van der Waals surface area contributed by atoms with Gasteiger partial charge in [-0.3, -0.25) is 0 Å². The lowest BCUT2D eigenvalue weighted by atomic mass is 10.3. The Balaban J connectivity index is 3.09. The van der Waals surface area contributed by atoms with Crippen molar-refractivity contribution in [3.63, 3.8) is 0 Å². The molecule has 1 rings (SSSR count). The highest BCUT2D eigenvalue weighted by atomic mass is 19.2. The van der Waals surface area contributed by atoms with Gasteiger partial charge in [-0.05, 0) is 6.92 Å².